The molecule has 0 fully saturated rings. The maximum absolute atomic E-state index is 11.9. The lowest BCUT2D eigenvalue weighted by molar-refractivity contribution is -0.384. The fourth-order valence-electron chi connectivity index (χ4n) is 1.83. The molecule has 2 rings (SSSR count). The summed E-state index contributed by atoms with van der Waals surface area (Å²) in [5.41, 5.74) is 2.12. The first-order chi connectivity index (χ1) is 9.56. The molecule has 0 aromatic heterocycles. The van der Waals surface area contributed by atoms with Gasteiger partial charge >= 0.3 is 0 Å². The summed E-state index contributed by atoms with van der Waals surface area (Å²) in [6.45, 7) is 1.79. The summed E-state index contributed by atoms with van der Waals surface area (Å²) in [6, 6.07) is 13.7. The second kappa shape index (κ2) is 5.97. The predicted octanol–water partition coefficient (Wildman–Crippen LogP) is 3.08. The van der Waals surface area contributed by atoms with Crippen molar-refractivity contribution in [3.63, 3.8) is 0 Å². The van der Waals surface area contributed by atoms with Gasteiger partial charge in [-0.25, -0.2) is 0 Å². The lowest BCUT2D eigenvalue weighted by Gasteiger charge is -2.08. The van der Waals surface area contributed by atoms with E-state index < -0.39 is 4.92 Å². The molecule has 20 heavy (non-hydrogen) atoms. The van der Waals surface area contributed by atoms with E-state index in [1.54, 1.807) is 13.0 Å². The third-order valence-electron chi connectivity index (χ3n) is 2.91. The van der Waals surface area contributed by atoms with Crippen molar-refractivity contribution in [1.82, 2.24) is 0 Å². The van der Waals surface area contributed by atoms with Gasteiger partial charge in [0.25, 0.3) is 5.69 Å². The van der Waals surface area contributed by atoms with E-state index in [0.717, 1.165) is 11.1 Å². The van der Waals surface area contributed by atoms with Gasteiger partial charge in [0.2, 0.25) is 5.91 Å². The van der Waals surface area contributed by atoms with Gasteiger partial charge in [-0.15, -0.1) is 0 Å². The van der Waals surface area contributed by atoms with Crippen molar-refractivity contribution in [3.05, 3.63) is 69.8 Å². The van der Waals surface area contributed by atoms with Gasteiger partial charge in [-0.1, -0.05) is 36.4 Å². The Bertz CT molecular complexity index is 639. The molecule has 0 saturated carbocycles. The number of anilines is 1. The van der Waals surface area contributed by atoms with E-state index in [0.29, 0.717) is 5.69 Å². The molecule has 0 atom stereocenters. The number of carbonyl (C=O) groups excluding carboxylic acids is 1. The number of non-ortho nitro benzene ring substituents is 1. The van der Waals surface area contributed by atoms with Crippen molar-refractivity contribution in [2.45, 2.75) is 13.3 Å². The number of hydrogen-bond donors (Lipinski definition) is 1. The zero-order valence-corrected chi connectivity index (χ0v) is 11.0. The van der Waals surface area contributed by atoms with Gasteiger partial charge in [-0.05, 0) is 18.1 Å². The zero-order valence-electron chi connectivity index (χ0n) is 11.0. The van der Waals surface area contributed by atoms with Gasteiger partial charge in [0.05, 0.1) is 17.0 Å². The molecule has 0 radical (unpaired) electrons. The monoisotopic (exact) mass is 270 g/mol. The van der Waals surface area contributed by atoms with Gasteiger partial charge in [-0.3, -0.25) is 14.9 Å². The van der Waals surface area contributed by atoms with E-state index in [1.807, 2.05) is 30.3 Å². The molecule has 0 saturated heterocycles. The molecule has 0 heterocycles. The highest BCUT2D eigenvalue weighted by atomic mass is 16.6. The van der Waals surface area contributed by atoms with Crippen LogP contribution in [0.15, 0.2) is 48.5 Å². The van der Waals surface area contributed by atoms with Gasteiger partial charge in [-0.2, -0.15) is 0 Å². The first-order valence-corrected chi connectivity index (χ1v) is 6.15. The van der Waals surface area contributed by atoms with E-state index in [4.69, 9.17) is 0 Å². The van der Waals surface area contributed by atoms with Crippen LogP contribution < -0.4 is 5.32 Å². The molecular formula is C15H14N2O3. The zero-order chi connectivity index (χ0) is 14.5. The highest BCUT2D eigenvalue weighted by Gasteiger charge is 2.11. The summed E-state index contributed by atoms with van der Waals surface area (Å²) in [7, 11) is 0. The van der Waals surface area contributed by atoms with Crippen LogP contribution in [0.3, 0.4) is 0 Å². The lowest BCUT2D eigenvalue weighted by atomic mass is 10.1. The predicted molar refractivity (Wildman–Crippen MR) is 76.6 cm³/mol. The molecule has 0 aliphatic rings. The number of nitro groups is 1. The normalized spacial score (nSPS) is 10.1. The van der Waals surface area contributed by atoms with Gasteiger partial charge in [0.1, 0.15) is 0 Å². The fraction of sp³-hybridized carbons (Fsp3) is 0.133. The summed E-state index contributed by atoms with van der Waals surface area (Å²) in [5, 5.41) is 13.4. The number of carbonyl (C=O) groups is 1. The minimum atomic E-state index is -0.480. The Morgan fingerprint density at radius 1 is 1.20 bits per heavy atom. The minimum Gasteiger partial charge on any atom is -0.325 e. The summed E-state index contributed by atoms with van der Waals surface area (Å²) in [6.07, 6.45) is 0.239. The van der Waals surface area contributed by atoms with Crippen LogP contribution in [0, 0.1) is 17.0 Å². The van der Waals surface area contributed by atoms with Crippen LogP contribution in [0.4, 0.5) is 11.4 Å². The number of nitrogens with zero attached hydrogens (tertiary/aromatic N) is 1. The molecule has 0 aliphatic carbocycles. The standard InChI is InChI=1S/C15H14N2O3/c1-11-7-8-13(17(19)20)10-14(11)16-15(18)9-12-5-3-2-4-6-12/h2-8,10H,9H2,1H3,(H,16,18). The number of amides is 1. The average molecular weight is 270 g/mol. The number of benzene rings is 2. The molecule has 0 bridgehead atoms. The Hall–Kier alpha value is -2.69. The third kappa shape index (κ3) is 3.41. The van der Waals surface area contributed by atoms with E-state index in [9.17, 15) is 14.9 Å². The summed E-state index contributed by atoms with van der Waals surface area (Å²) in [4.78, 5) is 22.2. The van der Waals surface area contributed by atoms with Crippen LogP contribution >= 0.6 is 0 Å². The largest absolute Gasteiger partial charge is 0.325 e. The van der Waals surface area contributed by atoms with Crippen LogP contribution in [0.2, 0.25) is 0 Å². The van der Waals surface area contributed by atoms with Gasteiger partial charge in [0, 0.05) is 12.1 Å². The van der Waals surface area contributed by atoms with Crippen LogP contribution in [0.1, 0.15) is 11.1 Å². The van der Waals surface area contributed by atoms with E-state index in [-0.39, 0.29) is 18.0 Å². The number of hydrogen-bond acceptors (Lipinski definition) is 3. The van der Waals surface area contributed by atoms with Crippen molar-refractivity contribution in [1.29, 1.82) is 0 Å². The molecule has 1 N–H and O–H groups in total. The molecule has 5 nitrogen and oxygen atoms in total. The van der Waals surface area contributed by atoms with Crippen LogP contribution in [0.5, 0.6) is 0 Å². The molecular weight excluding hydrogens is 256 g/mol. The van der Waals surface area contributed by atoms with Crippen LogP contribution in [-0.2, 0) is 11.2 Å². The molecule has 102 valence electrons. The summed E-state index contributed by atoms with van der Waals surface area (Å²) in [5.74, 6) is -0.195. The second-order valence-electron chi connectivity index (χ2n) is 4.47. The molecule has 2 aromatic rings. The highest BCUT2D eigenvalue weighted by Crippen LogP contribution is 2.22. The van der Waals surface area contributed by atoms with Crippen LogP contribution in [-0.4, -0.2) is 10.8 Å². The third-order valence-corrected chi connectivity index (χ3v) is 2.91. The fourth-order valence-corrected chi connectivity index (χ4v) is 1.83. The number of rotatable bonds is 4. The Kier molecular flexibility index (Phi) is 4.10. The topological polar surface area (TPSA) is 72.2 Å². The van der Waals surface area contributed by atoms with Gasteiger partial charge < -0.3 is 5.32 Å². The Morgan fingerprint density at radius 3 is 2.55 bits per heavy atom. The Labute approximate surface area is 116 Å². The number of aryl methyl sites for hydroxylation is 1. The highest BCUT2D eigenvalue weighted by molar-refractivity contribution is 5.93. The van der Waals surface area contributed by atoms with Crippen molar-refractivity contribution < 1.29 is 9.72 Å². The number of nitro benzene ring substituents is 1. The van der Waals surface area contributed by atoms with Crippen molar-refractivity contribution in [2.24, 2.45) is 0 Å². The first kappa shape index (κ1) is 13.7. The average Bonchev–Trinajstić information content (AvgIpc) is 2.42. The first-order valence-electron chi connectivity index (χ1n) is 6.15. The molecule has 2 aromatic carbocycles. The van der Waals surface area contributed by atoms with E-state index in [2.05, 4.69) is 5.32 Å². The Morgan fingerprint density at radius 2 is 1.90 bits per heavy atom. The molecule has 0 spiro atoms. The van der Waals surface area contributed by atoms with Gasteiger partial charge in [0.15, 0.2) is 0 Å². The molecule has 5 heteroatoms. The molecule has 0 unspecified atom stereocenters. The summed E-state index contributed by atoms with van der Waals surface area (Å²) < 4.78 is 0. The summed E-state index contributed by atoms with van der Waals surface area (Å²) >= 11 is 0. The quantitative estimate of drug-likeness (QED) is 0.685. The van der Waals surface area contributed by atoms with Crippen molar-refractivity contribution in [3.8, 4) is 0 Å². The van der Waals surface area contributed by atoms with Crippen molar-refractivity contribution in [2.75, 3.05) is 5.32 Å². The number of nitrogens with one attached hydrogen (secondary N) is 1. The second-order valence-corrected chi connectivity index (χ2v) is 4.47. The SMILES string of the molecule is Cc1ccc([N+](=O)[O-])cc1NC(=O)Cc1ccccc1. The maximum atomic E-state index is 11.9. The van der Waals surface area contributed by atoms with Crippen molar-refractivity contribution >= 4 is 17.3 Å². The lowest BCUT2D eigenvalue weighted by Crippen LogP contribution is -2.15. The Balaban J connectivity index is 2.11. The molecule has 0 aliphatic heterocycles. The minimum absolute atomic E-state index is 0.0365. The maximum Gasteiger partial charge on any atom is 0.271 e. The molecule has 1 amide bonds. The van der Waals surface area contributed by atoms with E-state index in [1.165, 1.54) is 12.1 Å². The van der Waals surface area contributed by atoms with Crippen LogP contribution in [0.25, 0.3) is 0 Å². The van der Waals surface area contributed by atoms with E-state index >= 15 is 0 Å². The smallest absolute Gasteiger partial charge is 0.271 e.